The van der Waals surface area contributed by atoms with Crippen LogP contribution in [0.2, 0.25) is 0 Å². The molecular formula is C7H14N2O2S2. The van der Waals surface area contributed by atoms with Crippen LogP contribution in [0.5, 0.6) is 0 Å². The molecule has 0 spiro atoms. The Kier molecular flexibility index (Phi) is 4.63. The van der Waals surface area contributed by atoms with E-state index in [0.29, 0.717) is 0 Å². The summed E-state index contributed by atoms with van der Waals surface area (Å²) >= 11 is 7.93. The molecule has 1 unspecified atom stereocenters. The van der Waals surface area contributed by atoms with Gasteiger partial charge in [0.2, 0.25) is 11.8 Å². The number of nitrogens with two attached hydrogens (primary N) is 1. The molecule has 0 radical (unpaired) electrons. The Morgan fingerprint density at radius 3 is 2.23 bits per heavy atom. The van der Waals surface area contributed by atoms with Crippen molar-refractivity contribution in [1.82, 2.24) is 5.32 Å². The Morgan fingerprint density at radius 1 is 1.54 bits per heavy atom. The maximum Gasteiger partial charge on any atom is 0.240 e. The van der Waals surface area contributed by atoms with Gasteiger partial charge in [-0.2, -0.15) is 25.3 Å². The van der Waals surface area contributed by atoms with Crippen molar-refractivity contribution in [2.75, 3.05) is 5.75 Å². The highest BCUT2D eigenvalue weighted by Gasteiger charge is 2.26. The van der Waals surface area contributed by atoms with Crippen LogP contribution in [0.4, 0.5) is 0 Å². The Labute approximate surface area is 88.5 Å². The van der Waals surface area contributed by atoms with Crippen molar-refractivity contribution < 1.29 is 9.59 Å². The zero-order chi connectivity index (χ0) is 10.6. The minimum atomic E-state index is -0.823. The van der Waals surface area contributed by atoms with Gasteiger partial charge in [-0.3, -0.25) is 9.59 Å². The molecule has 3 N–H and O–H groups in total. The molecule has 0 heterocycles. The van der Waals surface area contributed by atoms with Gasteiger partial charge in [-0.05, 0) is 13.8 Å². The Morgan fingerprint density at radius 2 is 2.00 bits per heavy atom. The predicted octanol–water partition coefficient (Wildman–Crippen LogP) is -0.405. The SMILES string of the molecule is CC(C)(S)C(=O)NC(CS)C(N)=O. The highest BCUT2D eigenvalue weighted by Crippen LogP contribution is 2.11. The van der Waals surface area contributed by atoms with Crippen LogP contribution in [0.15, 0.2) is 0 Å². The zero-order valence-electron chi connectivity index (χ0n) is 7.57. The molecule has 1 atom stereocenters. The minimum Gasteiger partial charge on any atom is -0.368 e. The molecule has 2 amide bonds. The number of carbonyl (C=O) groups is 2. The fourth-order valence-electron chi connectivity index (χ4n) is 0.542. The van der Waals surface area contributed by atoms with Gasteiger partial charge in [-0.25, -0.2) is 0 Å². The quantitative estimate of drug-likeness (QED) is 0.489. The second-order valence-corrected chi connectivity index (χ2v) is 4.65. The summed E-state index contributed by atoms with van der Waals surface area (Å²) in [5, 5.41) is 2.44. The average molecular weight is 222 g/mol. The third-order valence-electron chi connectivity index (χ3n) is 1.39. The smallest absolute Gasteiger partial charge is 0.240 e. The molecule has 76 valence electrons. The number of thiol groups is 2. The van der Waals surface area contributed by atoms with Crippen LogP contribution in [0, 0.1) is 0 Å². The molecule has 6 heteroatoms. The molecule has 0 aromatic carbocycles. The maximum absolute atomic E-state index is 11.3. The van der Waals surface area contributed by atoms with E-state index in [4.69, 9.17) is 5.73 Å². The average Bonchev–Trinajstić information content (AvgIpc) is 1.96. The molecule has 0 aromatic heterocycles. The van der Waals surface area contributed by atoms with Gasteiger partial charge in [0.1, 0.15) is 6.04 Å². The van der Waals surface area contributed by atoms with Crippen molar-refractivity contribution in [2.45, 2.75) is 24.6 Å². The summed E-state index contributed by atoms with van der Waals surface area (Å²) in [6.45, 7) is 3.25. The summed E-state index contributed by atoms with van der Waals surface area (Å²) in [5.41, 5.74) is 5.01. The van der Waals surface area contributed by atoms with Crippen molar-refractivity contribution >= 4 is 37.1 Å². The Hall–Kier alpha value is -0.360. The first-order valence-electron chi connectivity index (χ1n) is 3.72. The fraction of sp³-hybridized carbons (Fsp3) is 0.714. The van der Waals surface area contributed by atoms with E-state index in [9.17, 15) is 9.59 Å². The monoisotopic (exact) mass is 222 g/mol. The third kappa shape index (κ3) is 4.42. The molecule has 0 rings (SSSR count). The van der Waals surface area contributed by atoms with Gasteiger partial charge in [0, 0.05) is 5.75 Å². The van der Waals surface area contributed by atoms with Gasteiger partial charge >= 0.3 is 0 Å². The van der Waals surface area contributed by atoms with E-state index in [-0.39, 0.29) is 11.7 Å². The van der Waals surface area contributed by atoms with Crippen molar-refractivity contribution in [3.05, 3.63) is 0 Å². The topological polar surface area (TPSA) is 72.2 Å². The number of rotatable bonds is 4. The molecule has 4 nitrogen and oxygen atoms in total. The first-order chi connectivity index (χ1) is 5.79. The maximum atomic E-state index is 11.3. The fourth-order valence-corrected chi connectivity index (χ4v) is 0.877. The van der Waals surface area contributed by atoms with E-state index < -0.39 is 16.7 Å². The third-order valence-corrected chi connectivity index (χ3v) is 1.96. The molecular weight excluding hydrogens is 208 g/mol. The lowest BCUT2D eigenvalue weighted by Gasteiger charge is -2.20. The van der Waals surface area contributed by atoms with Gasteiger partial charge < -0.3 is 11.1 Å². The van der Waals surface area contributed by atoms with Gasteiger partial charge in [0.15, 0.2) is 0 Å². The molecule has 0 saturated carbocycles. The summed E-state index contributed by atoms with van der Waals surface area (Å²) in [6.07, 6.45) is 0. The highest BCUT2D eigenvalue weighted by molar-refractivity contribution is 7.82. The molecule has 0 aromatic rings. The molecule has 13 heavy (non-hydrogen) atoms. The van der Waals surface area contributed by atoms with Crippen LogP contribution in [0.3, 0.4) is 0 Å². The summed E-state index contributed by atoms with van der Waals surface area (Å²) in [4.78, 5) is 22.0. The van der Waals surface area contributed by atoms with Crippen LogP contribution in [-0.2, 0) is 9.59 Å². The van der Waals surface area contributed by atoms with Gasteiger partial charge in [0.05, 0.1) is 4.75 Å². The van der Waals surface area contributed by atoms with Crippen LogP contribution >= 0.6 is 25.3 Å². The Bertz CT molecular complexity index is 213. The first kappa shape index (κ1) is 12.6. The number of amides is 2. The van der Waals surface area contributed by atoms with Gasteiger partial charge in [0.25, 0.3) is 0 Å². The second-order valence-electron chi connectivity index (χ2n) is 3.17. The number of hydrogen-bond acceptors (Lipinski definition) is 4. The largest absolute Gasteiger partial charge is 0.368 e. The molecule has 0 fully saturated rings. The molecule has 0 aliphatic heterocycles. The van der Waals surface area contributed by atoms with Crippen molar-refractivity contribution in [3.8, 4) is 0 Å². The van der Waals surface area contributed by atoms with Crippen LogP contribution in [-0.4, -0.2) is 28.4 Å². The van der Waals surface area contributed by atoms with Crippen molar-refractivity contribution in [3.63, 3.8) is 0 Å². The molecule has 0 aliphatic carbocycles. The highest BCUT2D eigenvalue weighted by atomic mass is 32.1. The van der Waals surface area contributed by atoms with Crippen LogP contribution < -0.4 is 11.1 Å². The molecule has 0 saturated heterocycles. The summed E-state index contributed by atoms with van der Waals surface area (Å²) in [6, 6.07) is -0.734. The zero-order valence-corrected chi connectivity index (χ0v) is 9.36. The molecule has 0 aliphatic rings. The number of nitrogens with one attached hydrogen (secondary N) is 1. The van der Waals surface area contributed by atoms with Crippen molar-refractivity contribution in [1.29, 1.82) is 0 Å². The van der Waals surface area contributed by atoms with Crippen LogP contribution in [0.25, 0.3) is 0 Å². The Balaban J connectivity index is 4.26. The first-order valence-corrected chi connectivity index (χ1v) is 4.80. The normalized spacial score (nSPS) is 13.5. The number of primary amides is 1. The van der Waals surface area contributed by atoms with E-state index >= 15 is 0 Å². The van der Waals surface area contributed by atoms with Crippen LogP contribution in [0.1, 0.15) is 13.8 Å². The van der Waals surface area contributed by atoms with E-state index in [1.807, 2.05) is 0 Å². The second kappa shape index (κ2) is 4.76. The summed E-state index contributed by atoms with van der Waals surface area (Å²) < 4.78 is -0.823. The summed E-state index contributed by atoms with van der Waals surface area (Å²) in [7, 11) is 0. The summed E-state index contributed by atoms with van der Waals surface area (Å²) in [5.74, 6) is -0.750. The van der Waals surface area contributed by atoms with Crippen molar-refractivity contribution in [2.24, 2.45) is 5.73 Å². The van der Waals surface area contributed by atoms with E-state index in [1.54, 1.807) is 13.8 Å². The molecule has 0 bridgehead atoms. The number of carbonyl (C=O) groups excluding carboxylic acids is 2. The van der Waals surface area contributed by atoms with E-state index in [2.05, 4.69) is 30.6 Å². The van der Waals surface area contributed by atoms with E-state index in [1.165, 1.54) is 0 Å². The van der Waals surface area contributed by atoms with Gasteiger partial charge in [-0.15, -0.1) is 0 Å². The predicted molar refractivity (Wildman–Crippen MR) is 58.0 cm³/mol. The lowest BCUT2D eigenvalue weighted by atomic mass is 10.1. The minimum absolute atomic E-state index is 0.185. The van der Waals surface area contributed by atoms with Gasteiger partial charge in [-0.1, -0.05) is 0 Å². The standard InChI is InChI=1S/C7H14N2O2S2/c1-7(2,13)6(11)9-4(3-12)5(8)10/h4,12-13H,3H2,1-2H3,(H2,8,10)(H,9,11). The lowest BCUT2D eigenvalue weighted by Crippen LogP contribution is -2.50. The van der Waals surface area contributed by atoms with E-state index in [0.717, 1.165) is 0 Å². The number of hydrogen-bond donors (Lipinski definition) is 4. The lowest BCUT2D eigenvalue weighted by molar-refractivity contribution is -0.127.